The number of carboxylic acids is 1. The van der Waals surface area contributed by atoms with Crippen molar-refractivity contribution in [2.24, 2.45) is 11.8 Å². The minimum absolute atomic E-state index is 0.232. The second kappa shape index (κ2) is 5.47. The van der Waals surface area contributed by atoms with Crippen LogP contribution in [0.4, 0.5) is 0 Å². The molecule has 1 aliphatic heterocycles. The highest BCUT2D eigenvalue weighted by atomic mass is 16.4. The molecule has 2 N–H and O–H groups in total. The quantitative estimate of drug-likeness (QED) is 0.728. The number of nitrogens with zero attached hydrogens (tertiary/aromatic N) is 1. The molecule has 15 heavy (non-hydrogen) atoms. The minimum Gasteiger partial charge on any atom is -0.481 e. The van der Waals surface area contributed by atoms with Crippen LogP contribution in [0.1, 0.15) is 26.7 Å². The number of piperidine rings is 1. The lowest BCUT2D eigenvalue weighted by molar-refractivity contribution is -0.143. The van der Waals surface area contributed by atoms with Gasteiger partial charge in [-0.1, -0.05) is 13.8 Å². The maximum absolute atomic E-state index is 10.8. The monoisotopic (exact) mass is 215 g/mol. The van der Waals surface area contributed by atoms with Crippen LogP contribution in [0.3, 0.4) is 0 Å². The van der Waals surface area contributed by atoms with E-state index in [1.54, 1.807) is 0 Å². The van der Waals surface area contributed by atoms with Crippen molar-refractivity contribution in [3.63, 3.8) is 0 Å². The van der Waals surface area contributed by atoms with E-state index in [4.69, 9.17) is 5.11 Å². The second-order valence-corrected chi connectivity index (χ2v) is 4.75. The van der Waals surface area contributed by atoms with Gasteiger partial charge in [0.15, 0.2) is 0 Å². The first-order valence-corrected chi connectivity index (χ1v) is 5.64. The molecule has 0 aromatic heterocycles. The summed E-state index contributed by atoms with van der Waals surface area (Å²) in [6.07, 6.45) is 1.34. The molecule has 0 amide bonds. The van der Waals surface area contributed by atoms with Gasteiger partial charge >= 0.3 is 5.97 Å². The standard InChI is InChI=1S/C11H21NO3/c1-8(2)10(13)7-12-5-3-4-9(6-12)11(14)15/h8-10,13H,3-7H2,1-2H3,(H,14,15). The zero-order valence-corrected chi connectivity index (χ0v) is 9.52. The predicted octanol–water partition coefficient (Wildman–Crippen LogP) is 0.800. The Morgan fingerprint density at radius 2 is 2.20 bits per heavy atom. The molecule has 1 heterocycles. The van der Waals surface area contributed by atoms with Crippen molar-refractivity contribution in [2.45, 2.75) is 32.8 Å². The van der Waals surface area contributed by atoms with Crippen molar-refractivity contribution in [1.82, 2.24) is 4.90 Å². The summed E-state index contributed by atoms with van der Waals surface area (Å²) in [5.41, 5.74) is 0. The van der Waals surface area contributed by atoms with E-state index in [9.17, 15) is 9.90 Å². The summed E-state index contributed by atoms with van der Waals surface area (Å²) in [6.45, 7) is 6.04. The molecule has 0 radical (unpaired) electrons. The van der Waals surface area contributed by atoms with E-state index in [1.807, 2.05) is 13.8 Å². The number of rotatable bonds is 4. The number of aliphatic carboxylic acids is 1. The molecule has 0 saturated carbocycles. The number of hydrogen-bond donors (Lipinski definition) is 2. The third-order valence-corrected chi connectivity index (χ3v) is 3.07. The summed E-state index contributed by atoms with van der Waals surface area (Å²) in [6, 6.07) is 0. The fraction of sp³-hybridized carbons (Fsp3) is 0.909. The Labute approximate surface area is 90.9 Å². The first-order valence-electron chi connectivity index (χ1n) is 5.64. The zero-order chi connectivity index (χ0) is 11.4. The van der Waals surface area contributed by atoms with Crippen LogP contribution in [0.25, 0.3) is 0 Å². The molecular formula is C11H21NO3. The van der Waals surface area contributed by atoms with Gasteiger partial charge in [-0.15, -0.1) is 0 Å². The van der Waals surface area contributed by atoms with Gasteiger partial charge in [-0.3, -0.25) is 9.69 Å². The molecule has 88 valence electrons. The van der Waals surface area contributed by atoms with E-state index in [-0.39, 0.29) is 17.9 Å². The van der Waals surface area contributed by atoms with Gasteiger partial charge in [0.05, 0.1) is 12.0 Å². The lowest BCUT2D eigenvalue weighted by atomic mass is 9.97. The summed E-state index contributed by atoms with van der Waals surface area (Å²) in [5.74, 6) is -0.730. The molecule has 1 saturated heterocycles. The molecule has 4 nitrogen and oxygen atoms in total. The van der Waals surface area contributed by atoms with E-state index in [1.165, 1.54) is 0 Å². The molecule has 4 heteroatoms. The highest BCUT2D eigenvalue weighted by Gasteiger charge is 2.26. The first-order chi connectivity index (χ1) is 7.00. The van der Waals surface area contributed by atoms with E-state index in [2.05, 4.69) is 4.90 Å². The largest absolute Gasteiger partial charge is 0.481 e. The molecular weight excluding hydrogens is 194 g/mol. The number of hydrogen-bond acceptors (Lipinski definition) is 3. The summed E-state index contributed by atoms with van der Waals surface area (Å²) in [7, 11) is 0. The number of carbonyl (C=O) groups is 1. The van der Waals surface area contributed by atoms with E-state index in [0.717, 1.165) is 19.4 Å². The second-order valence-electron chi connectivity index (χ2n) is 4.75. The fourth-order valence-electron chi connectivity index (χ4n) is 1.90. The van der Waals surface area contributed by atoms with Crippen molar-refractivity contribution in [3.8, 4) is 0 Å². The summed E-state index contributed by atoms with van der Waals surface area (Å²) >= 11 is 0. The Morgan fingerprint density at radius 3 is 2.73 bits per heavy atom. The Bertz CT molecular complexity index is 218. The number of aliphatic hydroxyl groups excluding tert-OH is 1. The number of β-amino-alcohol motifs (C(OH)–C–C–N with tert-alkyl or cyclic N) is 1. The molecule has 0 spiro atoms. The van der Waals surface area contributed by atoms with Crippen LogP contribution in [0, 0.1) is 11.8 Å². The molecule has 1 aliphatic rings. The molecule has 1 rings (SSSR count). The van der Waals surface area contributed by atoms with Gasteiger partial charge in [0, 0.05) is 13.1 Å². The molecule has 1 fully saturated rings. The van der Waals surface area contributed by atoms with Gasteiger partial charge in [-0.2, -0.15) is 0 Å². The highest BCUT2D eigenvalue weighted by Crippen LogP contribution is 2.17. The summed E-state index contributed by atoms with van der Waals surface area (Å²) in [5, 5.41) is 18.6. The number of likely N-dealkylation sites (tertiary alicyclic amines) is 1. The van der Waals surface area contributed by atoms with Crippen LogP contribution in [0.15, 0.2) is 0 Å². The van der Waals surface area contributed by atoms with Crippen LogP contribution in [0.5, 0.6) is 0 Å². The Morgan fingerprint density at radius 1 is 1.53 bits per heavy atom. The molecule has 2 unspecified atom stereocenters. The third kappa shape index (κ3) is 3.80. The van der Waals surface area contributed by atoms with Gasteiger partial charge < -0.3 is 10.2 Å². The zero-order valence-electron chi connectivity index (χ0n) is 9.52. The maximum atomic E-state index is 10.8. The van der Waals surface area contributed by atoms with E-state index >= 15 is 0 Å². The van der Waals surface area contributed by atoms with Crippen molar-refractivity contribution < 1.29 is 15.0 Å². The predicted molar refractivity (Wildman–Crippen MR) is 57.6 cm³/mol. The van der Waals surface area contributed by atoms with Gasteiger partial charge in [0.2, 0.25) is 0 Å². The lowest BCUT2D eigenvalue weighted by Gasteiger charge is -2.32. The van der Waals surface area contributed by atoms with Gasteiger partial charge in [0.25, 0.3) is 0 Å². The van der Waals surface area contributed by atoms with Crippen LogP contribution < -0.4 is 0 Å². The summed E-state index contributed by atoms with van der Waals surface area (Å²) in [4.78, 5) is 12.9. The Hall–Kier alpha value is -0.610. The minimum atomic E-state index is -0.710. The van der Waals surface area contributed by atoms with E-state index in [0.29, 0.717) is 13.1 Å². The average Bonchev–Trinajstić information content (AvgIpc) is 2.18. The van der Waals surface area contributed by atoms with Crippen LogP contribution in [-0.2, 0) is 4.79 Å². The van der Waals surface area contributed by atoms with Crippen molar-refractivity contribution in [1.29, 1.82) is 0 Å². The average molecular weight is 215 g/mol. The SMILES string of the molecule is CC(C)C(O)CN1CCCC(C(=O)O)C1. The van der Waals surface area contributed by atoms with Gasteiger partial charge in [-0.25, -0.2) is 0 Å². The van der Waals surface area contributed by atoms with Crippen molar-refractivity contribution >= 4 is 5.97 Å². The lowest BCUT2D eigenvalue weighted by Crippen LogP contribution is -2.43. The molecule has 0 aromatic rings. The molecule has 0 aromatic carbocycles. The number of carboxylic acid groups (broad SMARTS) is 1. The van der Waals surface area contributed by atoms with Gasteiger partial charge in [0.1, 0.15) is 0 Å². The van der Waals surface area contributed by atoms with Gasteiger partial charge in [-0.05, 0) is 25.3 Å². The summed E-state index contributed by atoms with van der Waals surface area (Å²) < 4.78 is 0. The smallest absolute Gasteiger partial charge is 0.307 e. The fourth-order valence-corrected chi connectivity index (χ4v) is 1.90. The third-order valence-electron chi connectivity index (χ3n) is 3.07. The van der Waals surface area contributed by atoms with Crippen molar-refractivity contribution in [2.75, 3.05) is 19.6 Å². The maximum Gasteiger partial charge on any atom is 0.307 e. The van der Waals surface area contributed by atoms with Crippen LogP contribution in [0.2, 0.25) is 0 Å². The Kier molecular flexibility index (Phi) is 4.54. The van der Waals surface area contributed by atoms with Crippen LogP contribution in [-0.4, -0.2) is 46.8 Å². The van der Waals surface area contributed by atoms with Crippen molar-refractivity contribution in [3.05, 3.63) is 0 Å². The van der Waals surface area contributed by atoms with Crippen LogP contribution >= 0.6 is 0 Å². The molecule has 0 aliphatic carbocycles. The molecule has 2 atom stereocenters. The first kappa shape index (κ1) is 12.5. The van der Waals surface area contributed by atoms with E-state index < -0.39 is 5.97 Å². The Balaban J connectivity index is 2.39. The topological polar surface area (TPSA) is 60.8 Å². The normalized spacial score (nSPS) is 25.5. The molecule has 0 bridgehead atoms. The number of aliphatic hydroxyl groups is 1. The highest BCUT2D eigenvalue weighted by molar-refractivity contribution is 5.70.